The van der Waals surface area contributed by atoms with Crippen molar-refractivity contribution in [2.24, 2.45) is 0 Å². The molecule has 0 aliphatic carbocycles. The zero-order chi connectivity index (χ0) is 19.1. The van der Waals surface area contributed by atoms with Crippen LogP contribution in [-0.4, -0.2) is 37.1 Å². The van der Waals surface area contributed by atoms with Crippen molar-refractivity contribution in [2.75, 3.05) is 18.1 Å². The van der Waals surface area contributed by atoms with Gasteiger partial charge in [-0.2, -0.15) is 0 Å². The maximum absolute atomic E-state index is 12.8. The van der Waals surface area contributed by atoms with E-state index < -0.39 is 21.9 Å². The van der Waals surface area contributed by atoms with Crippen molar-refractivity contribution in [3.05, 3.63) is 52.4 Å². The van der Waals surface area contributed by atoms with E-state index in [4.69, 9.17) is 4.74 Å². The maximum Gasteiger partial charge on any atom is 0.312 e. The van der Waals surface area contributed by atoms with Gasteiger partial charge in [-0.15, -0.1) is 0 Å². The molecule has 0 radical (unpaired) electrons. The quantitative estimate of drug-likeness (QED) is 0.547. The van der Waals surface area contributed by atoms with Crippen LogP contribution in [0.3, 0.4) is 0 Å². The molecular formula is C17H17N3O5S. The first-order valence-corrected chi connectivity index (χ1v) is 9.60. The largest absolute Gasteiger partial charge is 0.469 e. The SMILES string of the molecule is COC(=O)C(C)c1ccc2nc3ccc(NS(C)(=O)=O)cn3c(=O)c2c1. The molecule has 1 atom stereocenters. The third-order valence-electron chi connectivity index (χ3n) is 3.99. The van der Waals surface area contributed by atoms with Crippen molar-refractivity contribution in [3.63, 3.8) is 0 Å². The minimum Gasteiger partial charge on any atom is -0.469 e. The number of carbonyl (C=O) groups is 1. The summed E-state index contributed by atoms with van der Waals surface area (Å²) >= 11 is 0. The summed E-state index contributed by atoms with van der Waals surface area (Å²) in [7, 11) is -2.16. The van der Waals surface area contributed by atoms with Gasteiger partial charge in [-0.25, -0.2) is 13.4 Å². The molecule has 8 nitrogen and oxygen atoms in total. The second kappa shape index (κ2) is 6.41. The molecule has 2 aromatic heterocycles. The molecule has 0 bridgehead atoms. The number of anilines is 1. The zero-order valence-corrected chi connectivity index (χ0v) is 15.2. The van der Waals surface area contributed by atoms with E-state index in [9.17, 15) is 18.0 Å². The Morgan fingerprint density at radius 2 is 2.00 bits per heavy atom. The lowest BCUT2D eigenvalue weighted by atomic mass is 10.00. The summed E-state index contributed by atoms with van der Waals surface area (Å²) in [5.41, 5.74) is 1.40. The molecule has 136 valence electrons. The molecular weight excluding hydrogens is 358 g/mol. The predicted octanol–water partition coefficient (Wildman–Crippen LogP) is 1.50. The first-order chi connectivity index (χ1) is 12.2. The molecule has 0 aliphatic heterocycles. The highest BCUT2D eigenvalue weighted by Crippen LogP contribution is 2.21. The second-order valence-corrected chi connectivity index (χ2v) is 7.71. The minimum absolute atomic E-state index is 0.252. The van der Waals surface area contributed by atoms with Gasteiger partial charge in [0.25, 0.3) is 5.56 Å². The third kappa shape index (κ3) is 3.38. The normalized spacial score (nSPS) is 12.9. The van der Waals surface area contributed by atoms with Crippen LogP contribution in [0.2, 0.25) is 0 Å². The Balaban J connectivity index is 2.20. The van der Waals surface area contributed by atoms with Gasteiger partial charge in [0.2, 0.25) is 10.0 Å². The van der Waals surface area contributed by atoms with Gasteiger partial charge in [-0.05, 0) is 36.8 Å². The average molecular weight is 375 g/mol. The maximum atomic E-state index is 12.8. The number of rotatable bonds is 4. The van der Waals surface area contributed by atoms with E-state index >= 15 is 0 Å². The fraction of sp³-hybridized carbons (Fsp3) is 0.235. The lowest BCUT2D eigenvalue weighted by Gasteiger charge is -2.11. The van der Waals surface area contributed by atoms with E-state index in [0.717, 1.165) is 6.26 Å². The van der Waals surface area contributed by atoms with Crippen LogP contribution < -0.4 is 10.3 Å². The molecule has 0 saturated carbocycles. The van der Waals surface area contributed by atoms with Crippen LogP contribution in [0.4, 0.5) is 5.69 Å². The van der Waals surface area contributed by atoms with Gasteiger partial charge >= 0.3 is 5.97 Å². The smallest absolute Gasteiger partial charge is 0.312 e. The van der Waals surface area contributed by atoms with Crippen molar-refractivity contribution in [1.82, 2.24) is 9.38 Å². The second-order valence-electron chi connectivity index (χ2n) is 5.96. The number of pyridine rings is 1. The monoisotopic (exact) mass is 375 g/mol. The summed E-state index contributed by atoms with van der Waals surface area (Å²) < 4.78 is 31.1. The summed E-state index contributed by atoms with van der Waals surface area (Å²) in [6, 6.07) is 8.09. The van der Waals surface area contributed by atoms with Crippen LogP contribution in [0.15, 0.2) is 41.3 Å². The number of nitrogens with zero attached hydrogens (tertiary/aromatic N) is 2. The van der Waals surface area contributed by atoms with Crippen molar-refractivity contribution >= 4 is 38.2 Å². The first kappa shape index (κ1) is 17.9. The molecule has 1 aromatic carbocycles. The Labute approximate surface area is 149 Å². The van der Waals surface area contributed by atoms with Crippen molar-refractivity contribution in [3.8, 4) is 0 Å². The molecule has 1 N–H and O–H groups in total. The molecule has 0 fully saturated rings. The molecule has 0 spiro atoms. The molecule has 0 aliphatic rings. The van der Waals surface area contributed by atoms with Crippen LogP contribution >= 0.6 is 0 Å². The van der Waals surface area contributed by atoms with Crippen molar-refractivity contribution in [2.45, 2.75) is 12.8 Å². The zero-order valence-electron chi connectivity index (χ0n) is 14.4. The lowest BCUT2D eigenvalue weighted by molar-refractivity contribution is -0.141. The number of sulfonamides is 1. The number of benzene rings is 1. The molecule has 3 aromatic rings. The van der Waals surface area contributed by atoms with Gasteiger partial charge in [-0.3, -0.25) is 18.7 Å². The summed E-state index contributed by atoms with van der Waals surface area (Å²) in [5, 5.41) is 0.326. The molecule has 26 heavy (non-hydrogen) atoms. The number of carbonyl (C=O) groups excluding carboxylic acids is 1. The van der Waals surface area contributed by atoms with Crippen LogP contribution in [0.25, 0.3) is 16.6 Å². The van der Waals surface area contributed by atoms with E-state index in [2.05, 4.69) is 9.71 Å². The molecule has 2 heterocycles. The molecule has 0 saturated heterocycles. The summed E-state index contributed by atoms with van der Waals surface area (Å²) in [4.78, 5) is 29.0. The van der Waals surface area contributed by atoms with Gasteiger partial charge in [-0.1, -0.05) is 6.07 Å². The predicted molar refractivity (Wildman–Crippen MR) is 97.9 cm³/mol. The fourth-order valence-corrected chi connectivity index (χ4v) is 3.23. The van der Waals surface area contributed by atoms with Gasteiger partial charge in [0.05, 0.1) is 35.9 Å². The number of esters is 1. The molecule has 9 heteroatoms. The van der Waals surface area contributed by atoms with Gasteiger partial charge in [0.15, 0.2) is 0 Å². The number of fused-ring (bicyclic) bond motifs is 2. The van der Waals surface area contributed by atoms with E-state index in [1.54, 1.807) is 31.2 Å². The van der Waals surface area contributed by atoms with E-state index in [0.29, 0.717) is 22.1 Å². The number of nitrogens with one attached hydrogen (secondary N) is 1. The van der Waals surface area contributed by atoms with Crippen LogP contribution in [0, 0.1) is 0 Å². The molecule has 3 rings (SSSR count). The molecule has 0 amide bonds. The topological polar surface area (TPSA) is 107 Å². The Morgan fingerprint density at radius 1 is 1.27 bits per heavy atom. The highest BCUT2D eigenvalue weighted by atomic mass is 32.2. The van der Waals surface area contributed by atoms with E-state index in [1.807, 2.05) is 0 Å². The Bertz CT molecular complexity index is 1180. The standard InChI is InChI=1S/C17H17N3O5S/c1-10(17(22)25-2)11-4-6-14-13(8-11)16(21)20-9-12(19-26(3,23)24)5-7-15(20)18-14/h4-10,19H,1-3H3. The Morgan fingerprint density at radius 3 is 2.65 bits per heavy atom. The van der Waals surface area contributed by atoms with Crippen molar-refractivity contribution in [1.29, 1.82) is 0 Å². The number of methoxy groups -OCH3 is 1. The lowest BCUT2D eigenvalue weighted by Crippen LogP contribution is -2.18. The summed E-state index contributed by atoms with van der Waals surface area (Å²) in [6.45, 7) is 1.69. The number of hydrogen-bond donors (Lipinski definition) is 1. The van der Waals surface area contributed by atoms with E-state index in [1.165, 1.54) is 23.8 Å². The van der Waals surface area contributed by atoms with Crippen LogP contribution in [-0.2, 0) is 19.6 Å². The third-order valence-corrected chi connectivity index (χ3v) is 4.60. The van der Waals surface area contributed by atoms with Gasteiger partial charge in [0.1, 0.15) is 5.65 Å². The number of aromatic nitrogens is 2. The number of hydrogen-bond acceptors (Lipinski definition) is 6. The summed E-state index contributed by atoms with van der Waals surface area (Å²) in [5.74, 6) is -0.930. The number of ether oxygens (including phenoxy) is 1. The molecule has 1 unspecified atom stereocenters. The Hall–Kier alpha value is -2.94. The highest BCUT2D eigenvalue weighted by molar-refractivity contribution is 7.92. The first-order valence-electron chi connectivity index (χ1n) is 7.71. The van der Waals surface area contributed by atoms with Crippen LogP contribution in [0.1, 0.15) is 18.4 Å². The van der Waals surface area contributed by atoms with Crippen molar-refractivity contribution < 1.29 is 17.9 Å². The van der Waals surface area contributed by atoms with Gasteiger partial charge < -0.3 is 4.74 Å². The van der Waals surface area contributed by atoms with Crippen LogP contribution in [0.5, 0.6) is 0 Å². The van der Waals surface area contributed by atoms with Gasteiger partial charge in [0, 0.05) is 6.20 Å². The summed E-state index contributed by atoms with van der Waals surface area (Å²) in [6.07, 6.45) is 2.40. The highest BCUT2D eigenvalue weighted by Gasteiger charge is 2.17. The average Bonchev–Trinajstić information content (AvgIpc) is 2.59. The van der Waals surface area contributed by atoms with E-state index in [-0.39, 0.29) is 11.2 Å². The Kier molecular flexibility index (Phi) is 4.41. The minimum atomic E-state index is -3.47. The fourth-order valence-electron chi connectivity index (χ4n) is 2.68.